The quantitative estimate of drug-likeness (QED) is 0.480. The van der Waals surface area contributed by atoms with E-state index in [9.17, 15) is 0 Å². The summed E-state index contributed by atoms with van der Waals surface area (Å²) in [6.07, 6.45) is 2.59. The Morgan fingerprint density at radius 3 is 2.73 bits per heavy atom. The van der Waals surface area contributed by atoms with Gasteiger partial charge in [-0.25, -0.2) is 0 Å². The van der Waals surface area contributed by atoms with Gasteiger partial charge in [0.05, 0.1) is 12.6 Å². The molecule has 1 unspecified atom stereocenters. The molecular weight excluding hydrogens is 278 g/mol. The zero-order valence-electron chi connectivity index (χ0n) is 13.8. The van der Waals surface area contributed by atoms with Crippen LogP contribution in [0.3, 0.4) is 0 Å². The van der Waals surface area contributed by atoms with Gasteiger partial charge in [0.15, 0.2) is 5.96 Å². The van der Waals surface area contributed by atoms with Crippen LogP contribution in [0.15, 0.2) is 23.2 Å². The fraction of sp³-hybridized carbons (Fsp3) is 0.588. The molecule has 1 aromatic rings. The molecule has 2 N–H and O–H groups in total. The van der Waals surface area contributed by atoms with E-state index in [4.69, 9.17) is 9.47 Å². The molecule has 1 aliphatic rings. The van der Waals surface area contributed by atoms with Crippen molar-refractivity contribution in [1.29, 1.82) is 0 Å². The summed E-state index contributed by atoms with van der Waals surface area (Å²) < 4.78 is 11.5. The molecule has 1 aliphatic heterocycles. The molecule has 1 saturated heterocycles. The molecular formula is C17H27N3O2. The van der Waals surface area contributed by atoms with E-state index in [0.29, 0.717) is 19.3 Å². The van der Waals surface area contributed by atoms with Gasteiger partial charge in [0, 0.05) is 20.2 Å². The van der Waals surface area contributed by atoms with Gasteiger partial charge in [-0.2, -0.15) is 0 Å². The van der Waals surface area contributed by atoms with Gasteiger partial charge in [0.1, 0.15) is 12.4 Å². The van der Waals surface area contributed by atoms with Crippen LogP contribution in [-0.2, 0) is 4.74 Å². The molecule has 1 heterocycles. The van der Waals surface area contributed by atoms with Crippen molar-refractivity contribution < 1.29 is 9.47 Å². The molecule has 122 valence electrons. The molecule has 1 fully saturated rings. The minimum Gasteiger partial charge on any atom is -0.491 e. The van der Waals surface area contributed by atoms with Crippen molar-refractivity contribution in [3.8, 4) is 5.75 Å². The molecule has 0 spiro atoms. The van der Waals surface area contributed by atoms with Gasteiger partial charge in [0.25, 0.3) is 0 Å². The number of rotatable bonds is 6. The lowest BCUT2D eigenvalue weighted by atomic mass is 10.1. The smallest absolute Gasteiger partial charge is 0.191 e. The van der Waals surface area contributed by atoms with Gasteiger partial charge in [0.2, 0.25) is 0 Å². The number of guanidine groups is 1. The van der Waals surface area contributed by atoms with Crippen molar-refractivity contribution in [2.45, 2.75) is 32.8 Å². The normalized spacial score (nSPS) is 18.3. The number of nitrogens with zero attached hydrogens (tertiary/aromatic N) is 1. The van der Waals surface area contributed by atoms with Crippen LogP contribution in [0, 0.1) is 13.8 Å². The number of hydrogen-bond donors (Lipinski definition) is 2. The Morgan fingerprint density at radius 2 is 2.09 bits per heavy atom. The van der Waals surface area contributed by atoms with Crippen LogP contribution >= 0.6 is 0 Å². The lowest BCUT2D eigenvalue weighted by Gasteiger charge is -2.16. The molecule has 1 atom stereocenters. The van der Waals surface area contributed by atoms with Gasteiger partial charge in [-0.3, -0.25) is 4.99 Å². The number of nitrogens with one attached hydrogen (secondary N) is 2. The summed E-state index contributed by atoms with van der Waals surface area (Å²) in [4.78, 5) is 4.21. The summed E-state index contributed by atoms with van der Waals surface area (Å²) in [7, 11) is 1.77. The summed E-state index contributed by atoms with van der Waals surface area (Å²) >= 11 is 0. The Morgan fingerprint density at radius 1 is 1.32 bits per heavy atom. The third-order valence-corrected chi connectivity index (χ3v) is 3.79. The highest BCUT2D eigenvalue weighted by molar-refractivity contribution is 5.79. The Hall–Kier alpha value is -1.75. The van der Waals surface area contributed by atoms with Crippen LogP contribution in [-0.4, -0.2) is 45.4 Å². The standard InChI is InChI=1S/C17H27N3O2/c1-13-6-4-7-14(2)16(13)22-11-9-19-17(18-3)20-12-15-8-5-10-21-15/h4,6-7,15H,5,8-12H2,1-3H3,(H2,18,19,20). The SMILES string of the molecule is CN=C(NCCOc1c(C)cccc1C)NCC1CCCO1. The van der Waals surface area contributed by atoms with Crippen LogP contribution in [0.5, 0.6) is 5.75 Å². The third-order valence-electron chi connectivity index (χ3n) is 3.79. The molecule has 0 saturated carbocycles. The first-order chi connectivity index (χ1) is 10.7. The predicted octanol–water partition coefficient (Wildman–Crippen LogP) is 2.03. The number of benzene rings is 1. The molecule has 0 aliphatic carbocycles. The van der Waals surface area contributed by atoms with Gasteiger partial charge < -0.3 is 20.1 Å². The number of aliphatic imine (C=N–C) groups is 1. The maximum atomic E-state index is 5.87. The minimum absolute atomic E-state index is 0.310. The minimum atomic E-state index is 0.310. The van der Waals surface area contributed by atoms with E-state index in [0.717, 1.165) is 37.7 Å². The second-order valence-electron chi connectivity index (χ2n) is 5.58. The van der Waals surface area contributed by atoms with Crippen LogP contribution < -0.4 is 15.4 Å². The number of aryl methyl sites for hydroxylation is 2. The largest absolute Gasteiger partial charge is 0.491 e. The predicted molar refractivity (Wildman–Crippen MR) is 89.7 cm³/mol. The fourth-order valence-electron chi connectivity index (χ4n) is 2.59. The van der Waals surface area contributed by atoms with Crippen LogP contribution in [0.4, 0.5) is 0 Å². The van der Waals surface area contributed by atoms with Gasteiger partial charge >= 0.3 is 0 Å². The van der Waals surface area contributed by atoms with Crippen molar-refractivity contribution in [2.75, 3.05) is 33.4 Å². The summed E-state index contributed by atoms with van der Waals surface area (Å²) in [5.41, 5.74) is 2.33. The lowest BCUT2D eigenvalue weighted by Crippen LogP contribution is -2.42. The average molecular weight is 305 g/mol. The highest BCUT2D eigenvalue weighted by Gasteiger charge is 2.15. The van der Waals surface area contributed by atoms with E-state index >= 15 is 0 Å². The molecule has 1 aromatic carbocycles. The van der Waals surface area contributed by atoms with Crippen LogP contribution in [0.25, 0.3) is 0 Å². The van der Waals surface area contributed by atoms with Gasteiger partial charge in [-0.15, -0.1) is 0 Å². The summed E-state index contributed by atoms with van der Waals surface area (Å²) in [6, 6.07) is 6.18. The van der Waals surface area contributed by atoms with E-state index in [2.05, 4.69) is 41.6 Å². The molecule has 2 rings (SSSR count). The van der Waals surface area contributed by atoms with E-state index in [1.54, 1.807) is 7.05 Å². The Labute approximate surface area is 133 Å². The number of para-hydroxylation sites is 1. The maximum absolute atomic E-state index is 5.87. The van der Waals surface area contributed by atoms with E-state index in [-0.39, 0.29) is 0 Å². The molecule has 22 heavy (non-hydrogen) atoms. The van der Waals surface area contributed by atoms with Gasteiger partial charge in [-0.1, -0.05) is 18.2 Å². The topological polar surface area (TPSA) is 54.9 Å². The zero-order valence-corrected chi connectivity index (χ0v) is 13.8. The van der Waals surface area contributed by atoms with Crippen molar-refractivity contribution in [1.82, 2.24) is 10.6 Å². The average Bonchev–Trinajstić information content (AvgIpc) is 3.02. The second kappa shape index (κ2) is 8.63. The first-order valence-electron chi connectivity index (χ1n) is 7.96. The maximum Gasteiger partial charge on any atom is 0.191 e. The van der Waals surface area contributed by atoms with Crippen molar-refractivity contribution in [3.63, 3.8) is 0 Å². The molecule has 0 bridgehead atoms. The monoisotopic (exact) mass is 305 g/mol. The molecule has 5 nitrogen and oxygen atoms in total. The molecule has 0 radical (unpaired) electrons. The van der Waals surface area contributed by atoms with Gasteiger partial charge in [-0.05, 0) is 37.8 Å². The number of ether oxygens (including phenoxy) is 2. The molecule has 0 aromatic heterocycles. The van der Waals surface area contributed by atoms with E-state index < -0.39 is 0 Å². The Balaban J connectivity index is 1.68. The summed E-state index contributed by atoms with van der Waals surface area (Å²) in [5.74, 6) is 1.77. The van der Waals surface area contributed by atoms with Crippen LogP contribution in [0.2, 0.25) is 0 Å². The first kappa shape index (κ1) is 16.6. The van der Waals surface area contributed by atoms with Crippen molar-refractivity contribution >= 4 is 5.96 Å². The highest BCUT2D eigenvalue weighted by atomic mass is 16.5. The summed E-state index contributed by atoms with van der Waals surface area (Å²) in [5, 5.41) is 6.55. The highest BCUT2D eigenvalue weighted by Crippen LogP contribution is 2.21. The van der Waals surface area contributed by atoms with E-state index in [1.807, 2.05) is 6.07 Å². The van der Waals surface area contributed by atoms with Crippen molar-refractivity contribution in [3.05, 3.63) is 29.3 Å². The van der Waals surface area contributed by atoms with E-state index in [1.165, 1.54) is 11.1 Å². The third kappa shape index (κ3) is 4.91. The Bertz CT molecular complexity index is 476. The second-order valence-corrected chi connectivity index (χ2v) is 5.58. The molecule has 5 heteroatoms. The molecule has 0 amide bonds. The fourth-order valence-corrected chi connectivity index (χ4v) is 2.59. The number of hydrogen-bond acceptors (Lipinski definition) is 3. The zero-order chi connectivity index (χ0) is 15.8. The first-order valence-corrected chi connectivity index (χ1v) is 7.96. The summed E-state index contributed by atoms with van der Waals surface area (Å²) in [6.45, 7) is 7.13. The Kier molecular flexibility index (Phi) is 6.52. The van der Waals surface area contributed by atoms with Crippen molar-refractivity contribution in [2.24, 2.45) is 4.99 Å². The van der Waals surface area contributed by atoms with Crippen LogP contribution in [0.1, 0.15) is 24.0 Å². The lowest BCUT2D eigenvalue weighted by molar-refractivity contribution is 0.114.